The molecule has 2 aliphatic heterocycles. The molecule has 0 N–H and O–H groups in total. The van der Waals surface area contributed by atoms with Crippen molar-refractivity contribution in [1.29, 1.82) is 0 Å². The Morgan fingerprint density at radius 3 is 2.44 bits per heavy atom. The molecule has 0 bridgehead atoms. The largest absolute Gasteiger partial charge is 0.444 e. The van der Waals surface area contributed by atoms with Crippen LogP contribution in [0.4, 0.5) is 18.0 Å². The molecule has 1 fully saturated rings. The number of hydrogen-bond donors (Lipinski definition) is 0. The van der Waals surface area contributed by atoms with Gasteiger partial charge in [0.1, 0.15) is 5.60 Å². The Bertz CT molecular complexity index is 742. The fourth-order valence-corrected chi connectivity index (χ4v) is 3.37. The van der Waals surface area contributed by atoms with Crippen LogP contribution in [0.2, 0.25) is 0 Å². The summed E-state index contributed by atoms with van der Waals surface area (Å²) in [5, 5.41) is 0. The summed E-state index contributed by atoms with van der Waals surface area (Å²) in [6, 6.07) is 5.30. The number of hydrogen-bond acceptors (Lipinski definition) is 3. The molecule has 0 saturated carbocycles. The minimum atomic E-state index is -4.37. The fourth-order valence-electron chi connectivity index (χ4n) is 3.37. The Hall–Kier alpha value is -2.02. The van der Waals surface area contributed by atoms with Crippen molar-refractivity contribution >= 4 is 11.7 Å². The number of carbonyl (C=O) groups excluding carboxylic acids is 1. The van der Waals surface area contributed by atoms with E-state index in [-0.39, 0.29) is 12.7 Å². The Kier molecular flexibility index (Phi) is 5.01. The molecular formula is C20H24F3NO3. The van der Waals surface area contributed by atoms with Gasteiger partial charge >= 0.3 is 12.3 Å². The van der Waals surface area contributed by atoms with Gasteiger partial charge in [-0.1, -0.05) is 12.1 Å². The third-order valence-corrected chi connectivity index (χ3v) is 4.77. The maximum absolute atomic E-state index is 12.9. The molecule has 1 aromatic rings. The van der Waals surface area contributed by atoms with Crippen LogP contribution in [0.1, 0.15) is 44.7 Å². The Balaban J connectivity index is 1.69. The number of rotatable bonds is 1. The van der Waals surface area contributed by atoms with E-state index in [4.69, 9.17) is 9.47 Å². The molecule has 0 radical (unpaired) electrons. The van der Waals surface area contributed by atoms with Crippen LogP contribution >= 0.6 is 0 Å². The minimum Gasteiger partial charge on any atom is -0.444 e. The maximum Gasteiger partial charge on any atom is 0.416 e. The summed E-state index contributed by atoms with van der Waals surface area (Å²) in [7, 11) is 0. The van der Waals surface area contributed by atoms with Crippen molar-refractivity contribution in [3.8, 4) is 0 Å². The van der Waals surface area contributed by atoms with Crippen molar-refractivity contribution in [2.24, 2.45) is 0 Å². The lowest BCUT2D eigenvalue weighted by atomic mass is 9.90. The van der Waals surface area contributed by atoms with Gasteiger partial charge in [-0.3, -0.25) is 0 Å². The third-order valence-electron chi connectivity index (χ3n) is 4.77. The molecule has 2 aliphatic rings. The van der Waals surface area contributed by atoms with E-state index in [2.05, 4.69) is 0 Å². The zero-order chi connectivity index (χ0) is 19.9. The summed E-state index contributed by atoms with van der Waals surface area (Å²) < 4.78 is 50.2. The molecule has 1 saturated heterocycles. The van der Waals surface area contributed by atoms with Crippen molar-refractivity contribution < 1.29 is 27.4 Å². The van der Waals surface area contributed by atoms with Crippen LogP contribution in [0.3, 0.4) is 0 Å². The SMILES string of the molecule is CC(C)(C)OC(=O)N1CCC2(C=C(c3cccc(C(F)(F)F)c3)CO2)CC1. The number of halogens is 3. The van der Waals surface area contributed by atoms with Gasteiger partial charge in [0.15, 0.2) is 0 Å². The minimum absolute atomic E-state index is 0.272. The van der Waals surface area contributed by atoms with Crippen molar-refractivity contribution in [2.75, 3.05) is 19.7 Å². The summed E-state index contributed by atoms with van der Waals surface area (Å²) in [4.78, 5) is 13.8. The van der Waals surface area contributed by atoms with Gasteiger partial charge in [0.05, 0.1) is 17.8 Å². The number of carbonyl (C=O) groups is 1. The average Bonchev–Trinajstić information content (AvgIpc) is 2.97. The average molecular weight is 383 g/mol. The van der Waals surface area contributed by atoms with Crippen LogP contribution in [-0.2, 0) is 15.7 Å². The van der Waals surface area contributed by atoms with E-state index in [0.29, 0.717) is 31.5 Å². The Morgan fingerprint density at radius 2 is 1.85 bits per heavy atom. The number of benzene rings is 1. The first-order valence-electron chi connectivity index (χ1n) is 8.99. The predicted molar refractivity (Wildman–Crippen MR) is 95.1 cm³/mol. The van der Waals surface area contributed by atoms with Crippen molar-refractivity contribution in [2.45, 2.75) is 51.0 Å². The highest BCUT2D eigenvalue weighted by molar-refractivity contribution is 5.71. The van der Waals surface area contributed by atoms with Crippen LogP contribution in [0.25, 0.3) is 5.57 Å². The second-order valence-corrected chi connectivity index (χ2v) is 8.07. The number of alkyl halides is 3. The lowest BCUT2D eigenvalue weighted by Gasteiger charge is -2.38. The third kappa shape index (κ3) is 4.64. The summed E-state index contributed by atoms with van der Waals surface area (Å²) in [5.74, 6) is 0. The van der Waals surface area contributed by atoms with Gasteiger partial charge < -0.3 is 14.4 Å². The van der Waals surface area contributed by atoms with Crippen molar-refractivity contribution in [1.82, 2.24) is 4.90 Å². The number of nitrogens with zero attached hydrogens (tertiary/aromatic N) is 1. The number of ether oxygens (including phenoxy) is 2. The molecule has 27 heavy (non-hydrogen) atoms. The van der Waals surface area contributed by atoms with E-state index in [1.165, 1.54) is 6.07 Å². The second kappa shape index (κ2) is 6.86. The molecule has 2 heterocycles. The molecule has 4 nitrogen and oxygen atoms in total. The second-order valence-electron chi connectivity index (χ2n) is 8.07. The molecular weight excluding hydrogens is 359 g/mol. The summed E-state index contributed by atoms with van der Waals surface area (Å²) in [5.41, 5.74) is -0.459. The quantitative estimate of drug-likeness (QED) is 0.693. The fraction of sp³-hybridized carbons (Fsp3) is 0.550. The van der Waals surface area contributed by atoms with Crippen LogP contribution < -0.4 is 0 Å². The molecule has 148 valence electrons. The van der Waals surface area contributed by atoms with E-state index >= 15 is 0 Å². The van der Waals surface area contributed by atoms with Crippen molar-refractivity contribution in [3.63, 3.8) is 0 Å². The van der Waals surface area contributed by atoms with E-state index in [1.54, 1.807) is 11.0 Å². The lowest BCUT2D eigenvalue weighted by molar-refractivity contribution is -0.137. The summed E-state index contributed by atoms with van der Waals surface area (Å²) in [6.45, 7) is 6.71. The Morgan fingerprint density at radius 1 is 1.19 bits per heavy atom. The van der Waals surface area contributed by atoms with E-state index < -0.39 is 22.9 Å². The monoisotopic (exact) mass is 383 g/mol. The van der Waals surface area contributed by atoms with Crippen LogP contribution in [-0.4, -0.2) is 41.9 Å². The van der Waals surface area contributed by atoms with Gasteiger partial charge in [-0.25, -0.2) is 4.79 Å². The maximum atomic E-state index is 12.9. The van der Waals surface area contributed by atoms with Crippen LogP contribution in [0, 0.1) is 0 Å². The van der Waals surface area contributed by atoms with E-state index in [1.807, 2.05) is 26.8 Å². The normalized spacial score (nSPS) is 19.9. The molecule has 7 heteroatoms. The highest BCUT2D eigenvalue weighted by Crippen LogP contribution is 2.39. The molecule has 1 spiro atoms. The molecule has 0 unspecified atom stereocenters. The number of amides is 1. The zero-order valence-corrected chi connectivity index (χ0v) is 15.7. The van der Waals surface area contributed by atoms with Gasteiger partial charge in [0, 0.05) is 13.1 Å². The van der Waals surface area contributed by atoms with E-state index in [0.717, 1.165) is 17.7 Å². The van der Waals surface area contributed by atoms with E-state index in [9.17, 15) is 18.0 Å². The summed E-state index contributed by atoms with van der Waals surface area (Å²) in [6.07, 6.45) is -1.61. The Labute approximate surface area is 156 Å². The van der Waals surface area contributed by atoms with Gasteiger partial charge in [-0.05, 0) is 63.0 Å². The molecule has 1 amide bonds. The highest BCUT2D eigenvalue weighted by Gasteiger charge is 2.40. The summed E-state index contributed by atoms with van der Waals surface area (Å²) >= 11 is 0. The molecule has 1 aromatic carbocycles. The predicted octanol–water partition coefficient (Wildman–Crippen LogP) is 4.89. The van der Waals surface area contributed by atoms with Gasteiger partial charge in [-0.15, -0.1) is 0 Å². The van der Waals surface area contributed by atoms with Crippen LogP contribution in [0.5, 0.6) is 0 Å². The number of piperidine rings is 1. The first-order chi connectivity index (χ1) is 12.5. The first-order valence-corrected chi connectivity index (χ1v) is 8.99. The molecule has 3 rings (SSSR count). The zero-order valence-electron chi connectivity index (χ0n) is 15.7. The van der Waals surface area contributed by atoms with Gasteiger partial charge in [0.25, 0.3) is 0 Å². The molecule has 0 atom stereocenters. The van der Waals surface area contributed by atoms with Gasteiger partial charge in [-0.2, -0.15) is 13.2 Å². The van der Waals surface area contributed by atoms with Crippen LogP contribution in [0.15, 0.2) is 30.3 Å². The first kappa shape index (κ1) is 19.7. The standard InChI is InChI=1S/C20H24F3NO3/c1-18(2,3)27-17(25)24-9-7-19(8-10-24)12-15(13-26-19)14-5-4-6-16(11-14)20(21,22)23/h4-6,11-12H,7-10,13H2,1-3H3. The van der Waals surface area contributed by atoms with Gasteiger partial charge in [0.2, 0.25) is 0 Å². The lowest BCUT2D eigenvalue weighted by Crippen LogP contribution is -2.47. The highest BCUT2D eigenvalue weighted by atomic mass is 19.4. The molecule has 0 aromatic heterocycles. The topological polar surface area (TPSA) is 38.8 Å². The van der Waals surface area contributed by atoms with Crippen molar-refractivity contribution in [3.05, 3.63) is 41.5 Å². The number of likely N-dealkylation sites (tertiary alicyclic amines) is 1. The smallest absolute Gasteiger partial charge is 0.416 e. The molecule has 0 aliphatic carbocycles.